The monoisotopic (exact) mass is 251 g/mol. The summed E-state index contributed by atoms with van der Waals surface area (Å²) >= 11 is 0. The van der Waals surface area contributed by atoms with Gasteiger partial charge < -0.3 is 15.8 Å². The summed E-state index contributed by atoms with van der Waals surface area (Å²) in [6, 6.07) is 2.37. The molecule has 1 unspecified atom stereocenters. The number of methoxy groups -OCH3 is 1. The second-order valence-electron chi connectivity index (χ2n) is 3.70. The molecule has 0 fully saturated rings. The molecule has 0 saturated heterocycles. The number of nitrogen functional groups attached to an aromatic ring is 1. The summed E-state index contributed by atoms with van der Waals surface area (Å²) in [4.78, 5) is 33.1. The SMILES string of the molecule is COC(=O)C1C(=O)Nc2cc([N+](=O)[O-])c(N)cc21. The normalized spacial score (nSPS) is 16.9. The molecule has 8 nitrogen and oxygen atoms in total. The van der Waals surface area contributed by atoms with Gasteiger partial charge in [0.25, 0.3) is 5.69 Å². The van der Waals surface area contributed by atoms with E-state index in [0.29, 0.717) is 0 Å². The van der Waals surface area contributed by atoms with Gasteiger partial charge in [-0.3, -0.25) is 19.7 Å². The third kappa shape index (κ3) is 1.63. The second kappa shape index (κ2) is 3.99. The fourth-order valence-electron chi connectivity index (χ4n) is 1.83. The summed E-state index contributed by atoms with van der Waals surface area (Å²) in [6.07, 6.45) is 0. The summed E-state index contributed by atoms with van der Waals surface area (Å²) in [7, 11) is 1.16. The molecule has 2 rings (SSSR count). The molecule has 0 aromatic heterocycles. The van der Waals surface area contributed by atoms with Crippen molar-refractivity contribution in [3.8, 4) is 0 Å². The van der Waals surface area contributed by atoms with Gasteiger partial charge in [-0.15, -0.1) is 0 Å². The van der Waals surface area contributed by atoms with Crippen molar-refractivity contribution in [2.75, 3.05) is 18.2 Å². The number of amides is 1. The van der Waals surface area contributed by atoms with Gasteiger partial charge >= 0.3 is 5.97 Å². The Hall–Kier alpha value is -2.64. The zero-order valence-corrected chi connectivity index (χ0v) is 9.30. The van der Waals surface area contributed by atoms with Crippen LogP contribution in [0, 0.1) is 10.1 Å². The highest BCUT2D eigenvalue weighted by atomic mass is 16.6. The topological polar surface area (TPSA) is 125 Å². The van der Waals surface area contributed by atoms with Crippen LogP contribution in [0.4, 0.5) is 17.1 Å². The van der Waals surface area contributed by atoms with Crippen molar-refractivity contribution in [3.05, 3.63) is 27.8 Å². The Morgan fingerprint density at radius 1 is 1.56 bits per heavy atom. The summed E-state index contributed by atoms with van der Waals surface area (Å²) in [6.45, 7) is 0. The second-order valence-corrected chi connectivity index (χ2v) is 3.70. The first-order valence-corrected chi connectivity index (χ1v) is 4.92. The Balaban J connectivity index is 2.55. The van der Waals surface area contributed by atoms with E-state index in [9.17, 15) is 19.7 Å². The van der Waals surface area contributed by atoms with Crippen LogP contribution in [0.25, 0.3) is 0 Å². The zero-order chi connectivity index (χ0) is 13.4. The number of nitrogens with two attached hydrogens (primary N) is 1. The predicted molar refractivity (Wildman–Crippen MR) is 60.9 cm³/mol. The third-order valence-corrected chi connectivity index (χ3v) is 2.66. The van der Waals surface area contributed by atoms with E-state index in [2.05, 4.69) is 10.1 Å². The largest absolute Gasteiger partial charge is 0.468 e. The number of nitrogens with zero attached hydrogens (tertiary/aromatic N) is 1. The van der Waals surface area contributed by atoms with Crippen LogP contribution in [-0.2, 0) is 14.3 Å². The van der Waals surface area contributed by atoms with Crippen molar-refractivity contribution >= 4 is 28.9 Å². The molecule has 0 bridgehead atoms. The predicted octanol–water partition coefficient (Wildman–Crippen LogP) is 0.386. The maximum absolute atomic E-state index is 11.6. The van der Waals surface area contributed by atoms with E-state index in [1.165, 1.54) is 6.07 Å². The highest BCUT2D eigenvalue weighted by Crippen LogP contribution is 2.38. The van der Waals surface area contributed by atoms with E-state index in [0.717, 1.165) is 13.2 Å². The van der Waals surface area contributed by atoms with E-state index in [1.807, 2.05) is 0 Å². The minimum absolute atomic E-state index is 0.107. The molecule has 1 aromatic rings. The number of nitro groups is 1. The third-order valence-electron chi connectivity index (χ3n) is 2.66. The number of benzene rings is 1. The molecule has 0 radical (unpaired) electrons. The van der Waals surface area contributed by atoms with E-state index in [4.69, 9.17) is 5.73 Å². The molecular formula is C10H9N3O5. The van der Waals surface area contributed by atoms with Crippen molar-refractivity contribution < 1.29 is 19.2 Å². The number of anilines is 2. The first kappa shape index (κ1) is 11.8. The number of ether oxygens (including phenoxy) is 1. The van der Waals surface area contributed by atoms with Crippen LogP contribution in [0.5, 0.6) is 0 Å². The van der Waals surface area contributed by atoms with E-state index < -0.39 is 22.7 Å². The smallest absolute Gasteiger partial charge is 0.322 e. The number of esters is 1. The quantitative estimate of drug-likeness (QED) is 0.257. The van der Waals surface area contributed by atoms with Crippen molar-refractivity contribution in [2.24, 2.45) is 0 Å². The molecule has 3 N–H and O–H groups in total. The molecule has 1 aromatic carbocycles. The fourth-order valence-corrected chi connectivity index (χ4v) is 1.83. The first-order valence-electron chi connectivity index (χ1n) is 4.92. The first-order chi connectivity index (χ1) is 8.45. The van der Waals surface area contributed by atoms with Crippen LogP contribution < -0.4 is 11.1 Å². The molecule has 0 aliphatic carbocycles. The Morgan fingerprint density at radius 3 is 2.78 bits per heavy atom. The lowest BCUT2D eigenvalue weighted by molar-refractivity contribution is -0.383. The Morgan fingerprint density at radius 2 is 2.22 bits per heavy atom. The molecule has 1 aliphatic rings. The standard InChI is InChI=1S/C10H9N3O5/c1-18-10(15)8-4-2-5(11)7(13(16)17)3-6(4)12-9(8)14/h2-3,8H,11H2,1H3,(H,12,14). The van der Waals surface area contributed by atoms with Gasteiger partial charge in [0.15, 0.2) is 5.92 Å². The zero-order valence-electron chi connectivity index (χ0n) is 9.30. The molecule has 1 heterocycles. The van der Waals surface area contributed by atoms with Crippen LogP contribution in [0.15, 0.2) is 12.1 Å². The van der Waals surface area contributed by atoms with E-state index in [1.54, 1.807) is 0 Å². The number of hydrogen-bond acceptors (Lipinski definition) is 6. The molecule has 0 saturated carbocycles. The molecule has 94 valence electrons. The van der Waals surface area contributed by atoms with Gasteiger partial charge in [-0.1, -0.05) is 0 Å². The minimum Gasteiger partial charge on any atom is -0.468 e. The maximum Gasteiger partial charge on any atom is 0.322 e. The minimum atomic E-state index is -1.13. The van der Waals surface area contributed by atoms with Crippen LogP contribution in [-0.4, -0.2) is 23.9 Å². The lowest BCUT2D eigenvalue weighted by atomic mass is 10.00. The van der Waals surface area contributed by atoms with Crippen molar-refractivity contribution in [1.82, 2.24) is 0 Å². The van der Waals surface area contributed by atoms with Crippen LogP contribution in [0.3, 0.4) is 0 Å². The molecular weight excluding hydrogens is 242 g/mol. The average Bonchev–Trinajstić information content (AvgIpc) is 2.62. The molecule has 18 heavy (non-hydrogen) atoms. The van der Waals surface area contributed by atoms with Crippen LogP contribution in [0.2, 0.25) is 0 Å². The van der Waals surface area contributed by atoms with E-state index >= 15 is 0 Å². The van der Waals surface area contributed by atoms with Gasteiger partial charge in [-0.25, -0.2) is 0 Å². The molecule has 1 atom stereocenters. The average molecular weight is 251 g/mol. The van der Waals surface area contributed by atoms with Crippen LogP contribution in [0.1, 0.15) is 11.5 Å². The highest BCUT2D eigenvalue weighted by Gasteiger charge is 2.39. The van der Waals surface area contributed by atoms with Gasteiger partial charge in [0.05, 0.1) is 17.7 Å². The van der Waals surface area contributed by atoms with Gasteiger partial charge in [-0.05, 0) is 6.07 Å². The van der Waals surface area contributed by atoms with Gasteiger partial charge in [-0.2, -0.15) is 0 Å². The fraction of sp³-hybridized carbons (Fsp3) is 0.200. The summed E-state index contributed by atoms with van der Waals surface area (Å²) in [5.74, 6) is -2.45. The van der Waals surface area contributed by atoms with Crippen molar-refractivity contribution in [1.29, 1.82) is 0 Å². The summed E-state index contributed by atoms with van der Waals surface area (Å²) in [5.41, 5.74) is 5.58. The highest BCUT2D eigenvalue weighted by molar-refractivity contribution is 6.15. The number of fused-ring (bicyclic) bond motifs is 1. The number of rotatable bonds is 2. The van der Waals surface area contributed by atoms with Crippen molar-refractivity contribution in [2.45, 2.75) is 5.92 Å². The number of carbonyl (C=O) groups excluding carboxylic acids is 2. The molecule has 1 amide bonds. The maximum atomic E-state index is 11.6. The number of nitrogens with one attached hydrogen (secondary N) is 1. The van der Waals surface area contributed by atoms with Gasteiger partial charge in [0.1, 0.15) is 5.69 Å². The molecule has 0 spiro atoms. The van der Waals surface area contributed by atoms with E-state index in [-0.39, 0.29) is 22.6 Å². The summed E-state index contributed by atoms with van der Waals surface area (Å²) in [5, 5.41) is 13.1. The number of hydrogen-bond donors (Lipinski definition) is 2. The molecule has 8 heteroatoms. The Labute approximate surface area is 101 Å². The number of nitro benzene ring substituents is 1. The Bertz CT molecular complexity index is 569. The van der Waals surface area contributed by atoms with Crippen molar-refractivity contribution in [3.63, 3.8) is 0 Å². The lowest BCUT2D eigenvalue weighted by Crippen LogP contribution is -2.21. The number of carbonyl (C=O) groups is 2. The Kier molecular flexibility index (Phi) is 2.62. The van der Waals surface area contributed by atoms with Gasteiger partial charge in [0.2, 0.25) is 5.91 Å². The van der Waals surface area contributed by atoms with Gasteiger partial charge in [0, 0.05) is 11.6 Å². The summed E-state index contributed by atoms with van der Waals surface area (Å²) < 4.78 is 4.50. The lowest BCUT2D eigenvalue weighted by Gasteiger charge is -2.06. The molecule has 1 aliphatic heterocycles. The van der Waals surface area contributed by atoms with Crippen LogP contribution >= 0.6 is 0 Å².